The van der Waals surface area contributed by atoms with Crippen molar-refractivity contribution in [1.29, 1.82) is 0 Å². The fourth-order valence-electron chi connectivity index (χ4n) is 3.66. The van der Waals surface area contributed by atoms with Gasteiger partial charge in [0.1, 0.15) is 17.3 Å². The topological polar surface area (TPSA) is 72.4 Å². The molecular weight excluding hydrogens is 373 g/mol. The monoisotopic (exact) mass is 397 g/mol. The van der Waals surface area contributed by atoms with Crippen molar-refractivity contribution >= 4 is 5.91 Å². The van der Waals surface area contributed by atoms with Gasteiger partial charge in [-0.3, -0.25) is 4.79 Å². The summed E-state index contributed by atoms with van der Waals surface area (Å²) in [7, 11) is 0. The molecule has 1 fully saturated rings. The Bertz CT molecular complexity index is 977. The number of amides is 1. The van der Waals surface area contributed by atoms with Crippen LogP contribution in [0.1, 0.15) is 73.4 Å². The summed E-state index contributed by atoms with van der Waals surface area (Å²) in [4.78, 5) is 15.0. The zero-order chi connectivity index (χ0) is 20.4. The van der Waals surface area contributed by atoms with E-state index in [1.165, 1.54) is 12.1 Å². The number of aromatic nitrogens is 2. The normalized spacial score (nSPS) is 17.5. The highest BCUT2D eigenvalue weighted by Gasteiger charge is 2.31. The standard InChI is InChI=1S/C22H24FN3O3/c1-14(2)20-13-18(25-28-20)22(27)26-11-5-3-4-6-19(26)17-12-21(29-24-17)15-7-9-16(23)10-8-15/h7-10,12-14,19H,3-6,11H2,1-2H3/t19-/m0/s1. The molecule has 1 aliphatic heterocycles. The van der Waals surface area contributed by atoms with Crippen LogP contribution >= 0.6 is 0 Å². The Balaban J connectivity index is 1.61. The molecule has 0 unspecified atom stereocenters. The van der Waals surface area contributed by atoms with Crippen molar-refractivity contribution in [3.63, 3.8) is 0 Å². The zero-order valence-corrected chi connectivity index (χ0v) is 16.6. The van der Waals surface area contributed by atoms with Gasteiger partial charge in [0.15, 0.2) is 11.5 Å². The van der Waals surface area contributed by atoms with Crippen molar-refractivity contribution in [2.24, 2.45) is 0 Å². The van der Waals surface area contributed by atoms with Gasteiger partial charge in [0.2, 0.25) is 0 Å². The van der Waals surface area contributed by atoms with Gasteiger partial charge in [0, 0.05) is 30.2 Å². The Morgan fingerprint density at radius 3 is 2.62 bits per heavy atom. The van der Waals surface area contributed by atoms with Crippen LogP contribution in [0, 0.1) is 5.82 Å². The summed E-state index contributed by atoms with van der Waals surface area (Å²) in [6.07, 6.45) is 3.79. The smallest absolute Gasteiger partial charge is 0.276 e. The Morgan fingerprint density at radius 2 is 1.90 bits per heavy atom. The van der Waals surface area contributed by atoms with E-state index in [-0.39, 0.29) is 23.7 Å². The third-order valence-electron chi connectivity index (χ3n) is 5.33. The van der Waals surface area contributed by atoms with Crippen LogP contribution in [0.2, 0.25) is 0 Å². The zero-order valence-electron chi connectivity index (χ0n) is 16.6. The van der Waals surface area contributed by atoms with Gasteiger partial charge in [-0.2, -0.15) is 0 Å². The van der Waals surface area contributed by atoms with E-state index < -0.39 is 0 Å². The van der Waals surface area contributed by atoms with Crippen molar-refractivity contribution in [2.45, 2.75) is 51.5 Å². The first kappa shape index (κ1) is 19.4. The maximum absolute atomic E-state index is 13.2. The molecule has 0 spiro atoms. The van der Waals surface area contributed by atoms with Gasteiger partial charge >= 0.3 is 0 Å². The van der Waals surface area contributed by atoms with Gasteiger partial charge in [-0.1, -0.05) is 37.0 Å². The van der Waals surface area contributed by atoms with Crippen molar-refractivity contribution in [3.05, 3.63) is 59.4 Å². The van der Waals surface area contributed by atoms with E-state index in [9.17, 15) is 9.18 Å². The van der Waals surface area contributed by atoms with E-state index in [4.69, 9.17) is 9.05 Å². The molecule has 3 heterocycles. The van der Waals surface area contributed by atoms with Crippen molar-refractivity contribution < 1.29 is 18.2 Å². The van der Waals surface area contributed by atoms with E-state index >= 15 is 0 Å². The molecule has 7 heteroatoms. The van der Waals surface area contributed by atoms with Crippen LogP contribution in [0.4, 0.5) is 4.39 Å². The molecule has 1 aliphatic rings. The SMILES string of the molecule is CC(C)c1cc(C(=O)N2CCCCC[C@H]2c2cc(-c3ccc(F)cc3)on2)no1. The van der Waals surface area contributed by atoms with Crippen molar-refractivity contribution in [2.75, 3.05) is 6.54 Å². The predicted molar refractivity (Wildman–Crippen MR) is 105 cm³/mol. The molecule has 0 aliphatic carbocycles. The maximum atomic E-state index is 13.2. The van der Waals surface area contributed by atoms with Crippen LogP contribution in [-0.2, 0) is 0 Å². The first-order chi connectivity index (χ1) is 14.0. The molecule has 2 aromatic heterocycles. The molecule has 1 saturated heterocycles. The van der Waals surface area contributed by atoms with Crippen LogP contribution in [-0.4, -0.2) is 27.7 Å². The number of carbonyl (C=O) groups excluding carboxylic acids is 1. The summed E-state index contributed by atoms with van der Waals surface area (Å²) in [6, 6.07) is 9.44. The molecule has 0 bridgehead atoms. The molecule has 0 N–H and O–H groups in total. The van der Waals surface area contributed by atoms with Gasteiger partial charge in [-0.25, -0.2) is 4.39 Å². The molecule has 1 amide bonds. The summed E-state index contributed by atoms with van der Waals surface area (Å²) >= 11 is 0. The van der Waals surface area contributed by atoms with Crippen LogP contribution in [0.25, 0.3) is 11.3 Å². The summed E-state index contributed by atoms with van der Waals surface area (Å²) in [5, 5.41) is 8.22. The van der Waals surface area contributed by atoms with Gasteiger partial charge in [-0.05, 0) is 37.1 Å². The number of hydrogen-bond acceptors (Lipinski definition) is 5. The average molecular weight is 397 g/mol. The molecule has 6 nitrogen and oxygen atoms in total. The van der Waals surface area contributed by atoms with E-state index in [0.29, 0.717) is 29.5 Å². The lowest BCUT2D eigenvalue weighted by Gasteiger charge is -2.27. The first-order valence-corrected chi connectivity index (χ1v) is 10.0. The Hall–Kier alpha value is -2.96. The number of likely N-dealkylation sites (tertiary alicyclic amines) is 1. The summed E-state index contributed by atoms with van der Waals surface area (Å²) in [5.74, 6) is 0.957. The number of rotatable bonds is 4. The fourth-order valence-corrected chi connectivity index (χ4v) is 3.66. The molecule has 29 heavy (non-hydrogen) atoms. The lowest BCUT2D eigenvalue weighted by molar-refractivity contribution is 0.0663. The molecule has 0 radical (unpaired) electrons. The number of nitrogens with zero attached hydrogens (tertiary/aromatic N) is 3. The van der Waals surface area contributed by atoms with E-state index in [0.717, 1.165) is 31.2 Å². The minimum absolute atomic E-state index is 0.154. The highest BCUT2D eigenvalue weighted by Crippen LogP contribution is 2.33. The molecule has 1 atom stereocenters. The van der Waals surface area contributed by atoms with E-state index in [1.54, 1.807) is 18.2 Å². The summed E-state index contributed by atoms with van der Waals surface area (Å²) < 4.78 is 24.0. The van der Waals surface area contributed by atoms with Gasteiger partial charge < -0.3 is 13.9 Å². The minimum atomic E-state index is -0.303. The van der Waals surface area contributed by atoms with Crippen molar-refractivity contribution in [3.8, 4) is 11.3 Å². The Morgan fingerprint density at radius 1 is 1.10 bits per heavy atom. The fraction of sp³-hybridized carbons (Fsp3) is 0.409. The van der Waals surface area contributed by atoms with Crippen molar-refractivity contribution in [1.82, 2.24) is 15.2 Å². The van der Waals surface area contributed by atoms with Gasteiger partial charge in [0.25, 0.3) is 5.91 Å². The van der Waals surface area contributed by atoms with E-state index in [2.05, 4.69) is 10.3 Å². The molecule has 4 rings (SSSR count). The highest BCUT2D eigenvalue weighted by molar-refractivity contribution is 5.92. The highest BCUT2D eigenvalue weighted by atomic mass is 19.1. The Kier molecular flexibility index (Phi) is 5.47. The molecule has 1 aromatic carbocycles. The minimum Gasteiger partial charge on any atom is -0.360 e. The Labute approximate surface area is 168 Å². The number of benzene rings is 1. The second kappa shape index (κ2) is 8.19. The molecule has 0 saturated carbocycles. The number of hydrogen-bond donors (Lipinski definition) is 0. The van der Waals surface area contributed by atoms with Crippen LogP contribution in [0.5, 0.6) is 0 Å². The second-order valence-corrected chi connectivity index (χ2v) is 7.76. The van der Waals surface area contributed by atoms with Crippen LogP contribution in [0.15, 0.2) is 45.4 Å². The van der Waals surface area contributed by atoms with Crippen LogP contribution < -0.4 is 0 Å². The average Bonchev–Trinajstić information content (AvgIpc) is 3.33. The predicted octanol–water partition coefficient (Wildman–Crippen LogP) is 5.35. The maximum Gasteiger partial charge on any atom is 0.276 e. The number of halogens is 1. The third kappa shape index (κ3) is 4.09. The number of carbonyl (C=O) groups is 1. The van der Waals surface area contributed by atoms with Gasteiger partial charge in [0.05, 0.1) is 6.04 Å². The quantitative estimate of drug-likeness (QED) is 0.593. The van der Waals surface area contributed by atoms with E-state index in [1.807, 2.05) is 24.8 Å². The molecule has 152 valence electrons. The van der Waals surface area contributed by atoms with Crippen LogP contribution in [0.3, 0.4) is 0 Å². The lowest BCUT2D eigenvalue weighted by Crippen LogP contribution is -2.35. The molecular formula is C22H24FN3O3. The second-order valence-electron chi connectivity index (χ2n) is 7.76. The van der Waals surface area contributed by atoms with Gasteiger partial charge in [-0.15, -0.1) is 0 Å². The molecule has 3 aromatic rings. The first-order valence-electron chi connectivity index (χ1n) is 10.0. The summed E-state index contributed by atoms with van der Waals surface area (Å²) in [5.41, 5.74) is 1.77. The third-order valence-corrected chi connectivity index (χ3v) is 5.33. The largest absolute Gasteiger partial charge is 0.360 e. The lowest BCUT2D eigenvalue weighted by atomic mass is 10.0. The summed E-state index contributed by atoms with van der Waals surface area (Å²) in [6.45, 7) is 4.62.